The Hall–Kier alpha value is -1.62. The van der Waals surface area contributed by atoms with Gasteiger partial charge in [-0.15, -0.1) is 0 Å². The molecule has 2 amide bonds. The maximum Gasteiger partial charge on any atom is 0.322 e. The number of nitrogens with zero attached hydrogens (tertiary/aromatic N) is 1. The number of para-hydroxylation sites is 1. The molecule has 2 fully saturated rings. The highest BCUT2D eigenvalue weighted by Gasteiger charge is 2.39. The molecule has 2 unspecified atom stereocenters. The molecule has 1 aromatic rings. The van der Waals surface area contributed by atoms with Gasteiger partial charge in [-0.05, 0) is 25.0 Å². The van der Waals surface area contributed by atoms with Crippen molar-refractivity contribution in [3.8, 4) is 0 Å². The number of benzene rings is 1. The molecule has 2 heterocycles. The first kappa shape index (κ1) is 11.5. The smallest absolute Gasteiger partial charge is 0.316 e. The molecule has 0 aliphatic carbocycles. The SMILES string of the molecule is O=C(Nc1ccccc1F)N1C2CCC1CNC2. The summed E-state index contributed by atoms with van der Waals surface area (Å²) in [6.45, 7) is 1.67. The van der Waals surface area contributed by atoms with Gasteiger partial charge in [0.1, 0.15) is 5.82 Å². The van der Waals surface area contributed by atoms with Gasteiger partial charge in [0.05, 0.1) is 5.69 Å². The van der Waals surface area contributed by atoms with Gasteiger partial charge in [-0.25, -0.2) is 9.18 Å². The summed E-state index contributed by atoms with van der Waals surface area (Å²) in [5, 5.41) is 5.98. The number of urea groups is 1. The van der Waals surface area contributed by atoms with Crippen LogP contribution in [0.5, 0.6) is 0 Å². The van der Waals surface area contributed by atoms with Crippen molar-refractivity contribution in [3.63, 3.8) is 0 Å². The molecule has 0 saturated carbocycles. The van der Waals surface area contributed by atoms with E-state index in [2.05, 4.69) is 10.6 Å². The van der Waals surface area contributed by atoms with Crippen LogP contribution in [0, 0.1) is 5.82 Å². The van der Waals surface area contributed by atoms with Gasteiger partial charge >= 0.3 is 6.03 Å². The summed E-state index contributed by atoms with van der Waals surface area (Å²) in [7, 11) is 0. The first-order chi connectivity index (χ1) is 8.75. The Morgan fingerprint density at radius 1 is 1.28 bits per heavy atom. The molecular weight excluding hydrogens is 233 g/mol. The summed E-state index contributed by atoms with van der Waals surface area (Å²) in [5.74, 6) is -0.395. The van der Waals surface area contributed by atoms with E-state index in [9.17, 15) is 9.18 Å². The number of rotatable bonds is 1. The van der Waals surface area contributed by atoms with E-state index in [0.717, 1.165) is 25.9 Å². The minimum absolute atomic E-state index is 0.186. The summed E-state index contributed by atoms with van der Waals surface area (Å²) in [6.07, 6.45) is 2.06. The van der Waals surface area contributed by atoms with Crippen molar-refractivity contribution >= 4 is 11.7 Å². The van der Waals surface area contributed by atoms with Gasteiger partial charge in [0, 0.05) is 25.2 Å². The lowest BCUT2D eigenvalue weighted by Crippen LogP contribution is -2.55. The van der Waals surface area contributed by atoms with Crippen LogP contribution in [0.3, 0.4) is 0 Å². The molecule has 2 N–H and O–H groups in total. The van der Waals surface area contributed by atoms with Crippen molar-refractivity contribution in [2.45, 2.75) is 24.9 Å². The van der Waals surface area contributed by atoms with Crippen LogP contribution >= 0.6 is 0 Å². The lowest BCUT2D eigenvalue weighted by molar-refractivity contribution is 0.166. The Balaban J connectivity index is 1.74. The van der Waals surface area contributed by atoms with Crippen LogP contribution in [-0.2, 0) is 0 Å². The molecule has 4 nitrogen and oxygen atoms in total. The molecule has 18 heavy (non-hydrogen) atoms. The average Bonchev–Trinajstić information content (AvgIpc) is 2.62. The summed E-state index contributed by atoms with van der Waals surface area (Å²) < 4.78 is 13.5. The van der Waals surface area contributed by atoms with Gasteiger partial charge in [0.15, 0.2) is 0 Å². The molecule has 0 aromatic heterocycles. The number of amides is 2. The standard InChI is InChI=1S/C13H16FN3O/c14-11-3-1-2-4-12(11)16-13(18)17-9-5-6-10(17)8-15-7-9/h1-4,9-10,15H,5-8H2,(H,16,18). The van der Waals surface area contributed by atoms with E-state index in [1.165, 1.54) is 6.07 Å². The minimum atomic E-state index is -0.395. The maximum atomic E-state index is 13.5. The van der Waals surface area contributed by atoms with Gasteiger partial charge < -0.3 is 15.5 Å². The fraction of sp³-hybridized carbons (Fsp3) is 0.462. The third-order valence-corrected chi connectivity index (χ3v) is 3.73. The monoisotopic (exact) mass is 249 g/mol. The average molecular weight is 249 g/mol. The predicted molar refractivity (Wildman–Crippen MR) is 66.9 cm³/mol. The lowest BCUT2D eigenvalue weighted by atomic mass is 10.2. The number of halogens is 1. The van der Waals surface area contributed by atoms with E-state index >= 15 is 0 Å². The van der Waals surface area contributed by atoms with Crippen LogP contribution < -0.4 is 10.6 Å². The Bertz CT molecular complexity index is 449. The summed E-state index contributed by atoms with van der Waals surface area (Å²) in [4.78, 5) is 14.1. The molecule has 0 radical (unpaired) electrons. The van der Waals surface area contributed by atoms with E-state index in [-0.39, 0.29) is 23.8 Å². The second-order valence-electron chi connectivity index (χ2n) is 4.86. The Morgan fingerprint density at radius 3 is 2.61 bits per heavy atom. The van der Waals surface area contributed by atoms with Crippen molar-refractivity contribution in [3.05, 3.63) is 30.1 Å². The largest absolute Gasteiger partial charge is 0.322 e. The zero-order chi connectivity index (χ0) is 12.5. The van der Waals surface area contributed by atoms with E-state index in [1.807, 2.05) is 4.90 Å². The van der Waals surface area contributed by atoms with Crippen LogP contribution in [0.2, 0.25) is 0 Å². The van der Waals surface area contributed by atoms with Gasteiger partial charge in [0.2, 0.25) is 0 Å². The molecule has 5 heteroatoms. The van der Waals surface area contributed by atoms with Gasteiger partial charge in [-0.2, -0.15) is 0 Å². The van der Waals surface area contributed by atoms with E-state index in [0.29, 0.717) is 0 Å². The lowest BCUT2D eigenvalue weighted by Gasteiger charge is -2.35. The first-order valence-electron chi connectivity index (χ1n) is 6.30. The van der Waals surface area contributed by atoms with Crippen molar-refractivity contribution in [1.29, 1.82) is 0 Å². The van der Waals surface area contributed by atoms with E-state index in [1.54, 1.807) is 18.2 Å². The fourth-order valence-corrected chi connectivity index (χ4v) is 2.85. The Labute approximate surface area is 105 Å². The Kier molecular flexibility index (Phi) is 2.91. The quantitative estimate of drug-likeness (QED) is 0.797. The van der Waals surface area contributed by atoms with Crippen molar-refractivity contribution < 1.29 is 9.18 Å². The van der Waals surface area contributed by atoms with Gasteiger partial charge in [-0.3, -0.25) is 0 Å². The van der Waals surface area contributed by atoms with E-state index < -0.39 is 5.82 Å². The minimum Gasteiger partial charge on any atom is -0.316 e. The molecule has 2 atom stereocenters. The van der Waals surface area contributed by atoms with Crippen LogP contribution in [0.4, 0.5) is 14.9 Å². The molecule has 1 aromatic carbocycles. The highest BCUT2D eigenvalue weighted by Crippen LogP contribution is 2.27. The highest BCUT2D eigenvalue weighted by molar-refractivity contribution is 5.90. The Morgan fingerprint density at radius 2 is 1.94 bits per heavy atom. The van der Waals surface area contributed by atoms with Crippen molar-refractivity contribution in [2.75, 3.05) is 18.4 Å². The first-order valence-corrected chi connectivity index (χ1v) is 6.30. The van der Waals surface area contributed by atoms with E-state index in [4.69, 9.17) is 0 Å². The number of hydrogen-bond donors (Lipinski definition) is 2. The molecule has 2 aliphatic heterocycles. The fourth-order valence-electron chi connectivity index (χ4n) is 2.85. The molecule has 2 saturated heterocycles. The molecular formula is C13H16FN3O. The topological polar surface area (TPSA) is 44.4 Å². The number of hydrogen-bond acceptors (Lipinski definition) is 2. The summed E-state index contributed by atoms with van der Waals surface area (Å²) in [5.41, 5.74) is 0.250. The number of carbonyl (C=O) groups is 1. The number of piperazine rings is 1. The summed E-state index contributed by atoms with van der Waals surface area (Å²) in [6, 6.07) is 6.56. The van der Waals surface area contributed by atoms with Gasteiger partial charge in [0.25, 0.3) is 0 Å². The second-order valence-corrected chi connectivity index (χ2v) is 4.86. The molecule has 96 valence electrons. The normalized spacial score (nSPS) is 26.2. The number of fused-ring (bicyclic) bond motifs is 2. The molecule has 3 rings (SSSR count). The number of nitrogens with one attached hydrogen (secondary N) is 2. The predicted octanol–water partition coefficient (Wildman–Crippen LogP) is 1.79. The zero-order valence-corrected chi connectivity index (χ0v) is 10.0. The van der Waals surface area contributed by atoms with Crippen molar-refractivity contribution in [2.24, 2.45) is 0 Å². The summed E-state index contributed by atoms with van der Waals surface area (Å²) >= 11 is 0. The van der Waals surface area contributed by atoms with Crippen LogP contribution in [0.1, 0.15) is 12.8 Å². The molecule has 2 aliphatic rings. The third kappa shape index (κ3) is 1.95. The third-order valence-electron chi connectivity index (χ3n) is 3.73. The maximum absolute atomic E-state index is 13.5. The molecule has 0 spiro atoms. The van der Waals surface area contributed by atoms with Crippen molar-refractivity contribution in [1.82, 2.24) is 10.2 Å². The zero-order valence-electron chi connectivity index (χ0n) is 10.0. The van der Waals surface area contributed by atoms with Crippen LogP contribution in [0.25, 0.3) is 0 Å². The number of carbonyl (C=O) groups excluding carboxylic acids is 1. The number of anilines is 1. The second kappa shape index (κ2) is 4.57. The van der Waals surface area contributed by atoms with Gasteiger partial charge in [-0.1, -0.05) is 12.1 Å². The van der Waals surface area contributed by atoms with Crippen LogP contribution in [0.15, 0.2) is 24.3 Å². The highest BCUT2D eigenvalue weighted by atomic mass is 19.1. The van der Waals surface area contributed by atoms with Crippen LogP contribution in [-0.4, -0.2) is 36.1 Å². The molecule has 2 bridgehead atoms.